The summed E-state index contributed by atoms with van der Waals surface area (Å²) in [6.07, 6.45) is 3.39. The molecule has 0 radical (unpaired) electrons. The van der Waals surface area contributed by atoms with Crippen LogP contribution in [-0.4, -0.2) is 33.8 Å². The molecule has 0 spiro atoms. The Kier molecular flexibility index (Phi) is 4.42. The standard InChI is InChI=1S/C12H19N3OS/c1-4-15(8-12(2,3)16)10-7-14-6-5-9(10)11(13)17/h5-7,16H,4,8H2,1-3H3,(H2,13,17). The maximum Gasteiger partial charge on any atom is 0.106 e. The zero-order valence-corrected chi connectivity index (χ0v) is 11.3. The number of thiocarbonyl (C=S) groups is 1. The number of pyridine rings is 1. The second-order valence-corrected chi connectivity index (χ2v) is 5.02. The van der Waals surface area contributed by atoms with E-state index in [1.807, 2.05) is 11.8 Å². The van der Waals surface area contributed by atoms with Crippen molar-refractivity contribution < 1.29 is 5.11 Å². The number of nitrogens with zero attached hydrogens (tertiary/aromatic N) is 2. The van der Waals surface area contributed by atoms with Crippen LogP contribution in [0.3, 0.4) is 0 Å². The zero-order valence-electron chi connectivity index (χ0n) is 10.5. The molecule has 0 fully saturated rings. The van der Waals surface area contributed by atoms with E-state index < -0.39 is 5.60 Å². The molecule has 94 valence electrons. The Labute approximate surface area is 107 Å². The van der Waals surface area contributed by atoms with Crippen LogP contribution in [0.2, 0.25) is 0 Å². The van der Waals surface area contributed by atoms with Crippen molar-refractivity contribution in [3.63, 3.8) is 0 Å². The van der Waals surface area contributed by atoms with Crippen LogP contribution in [0, 0.1) is 0 Å². The molecule has 0 amide bonds. The van der Waals surface area contributed by atoms with Gasteiger partial charge in [0.15, 0.2) is 0 Å². The minimum Gasteiger partial charge on any atom is -0.389 e. The van der Waals surface area contributed by atoms with Gasteiger partial charge in [0.25, 0.3) is 0 Å². The Morgan fingerprint density at radius 1 is 1.59 bits per heavy atom. The molecule has 3 N–H and O–H groups in total. The molecule has 0 atom stereocenters. The van der Waals surface area contributed by atoms with Crippen molar-refractivity contribution in [2.24, 2.45) is 5.73 Å². The second kappa shape index (κ2) is 5.42. The Bertz CT molecular complexity index is 401. The van der Waals surface area contributed by atoms with Gasteiger partial charge in [-0.2, -0.15) is 0 Å². The van der Waals surface area contributed by atoms with Gasteiger partial charge in [0, 0.05) is 24.8 Å². The van der Waals surface area contributed by atoms with Crippen LogP contribution in [0.5, 0.6) is 0 Å². The van der Waals surface area contributed by atoms with Crippen LogP contribution in [0.1, 0.15) is 26.3 Å². The molecule has 0 bridgehead atoms. The lowest BCUT2D eigenvalue weighted by molar-refractivity contribution is 0.0876. The molecule has 1 rings (SSSR count). The zero-order chi connectivity index (χ0) is 13.1. The van der Waals surface area contributed by atoms with Gasteiger partial charge in [-0.05, 0) is 26.8 Å². The van der Waals surface area contributed by atoms with Crippen molar-refractivity contribution >= 4 is 22.9 Å². The highest BCUT2D eigenvalue weighted by Gasteiger charge is 2.20. The van der Waals surface area contributed by atoms with Crippen molar-refractivity contribution in [3.8, 4) is 0 Å². The van der Waals surface area contributed by atoms with Crippen molar-refractivity contribution in [1.29, 1.82) is 0 Å². The average molecular weight is 253 g/mol. The minimum atomic E-state index is -0.778. The highest BCUT2D eigenvalue weighted by Crippen LogP contribution is 2.21. The molecule has 0 unspecified atom stereocenters. The molecule has 0 aliphatic rings. The number of rotatable bonds is 5. The van der Waals surface area contributed by atoms with E-state index in [2.05, 4.69) is 4.98 Å². The molecule has 0 saturated carbocycles. The first-order valence-corrected chi connectivity index (χ1v) is 5.97. The molecule has 5 heteroatoms. The van der Waals surface area contributed by atoms with Gasteiger partial charge in [-0.3, -0.25) is 4.98 Å². The predicted molar refractivity (Wildman–Crippen MR) is 74.3 cm³/mol. The highest BCUT2D eigenvalue weighted by molar-refractivity contribution is 7.80. The van der Waals surface area contributed by atoms with Crippen molar-refractivity contribution in [3.05, 3.63) is 24.0 Å². The Morgan fingerprint density at radius 3 is 2.71 bits per heavy atom. The van der Waals surface area contributed by atoms with E-state index in [0.717, 1.165) is 17.8 Å². The summed E-state index contributed by atoms with van der Waals surface area (Å²) in [5, 5.41) is 9.88. The Hall–Kier alpha value is -1.20. The largest absolute Gasteiger partial charge is 0.389 e. The van der Waals surface area contributed by atoms with Gasteiger partial charge in [-0.25, -0.2) is 0 Å². The highest BCUT2D eigenvalue weighted by atomic mass is 32.1. The minimum absolute atomic E-state index is 0.344. The van der Waals surface area contributed by atoms with E-state index in [1.165, 1.54) is 0 Å². The molecule has 0 aliphatic carbocycles. The molecule has 1 aromatic heterocycles. The van der Waals surface area contributed by atoms with E-state index in [-0.39, 0.29) is 0 Å². The summed E-state index contributed by atoms with van der Waals surface area (Å²) < 4.78 is 0. The first kappa shape index (κ1) is 13.9. The van der Waals surface area contributed by atoms with Crippen LogP contribution in [0.25, 0.3) is 0 Å². The molecule has 4 nitrogen and oxygen atoms in total. The molecule has 1 heterocycles. The van der Waals surface area contributed by atoms with Crippen LogP contribution in [-0.2, 0) is 0 Å². The SMILES string of the molecule is CCN(CC(C)(C)O)c1cnccc1C(N)=S. The third-order valence-corrected chi connectivity index (χ3v) is 2.59. The van der Waals surface area contributed by atoms with Gasteiger partial charge < -0.3 is 15.7 Å². The number of anilines is 1. The number of aliphatic hydroxyl groups is 1. The quantitative estimate of drug-likeness (QED) is 0.775. The summed E-state index contributed by atoms with van der Waals surface area (Å²) in [5.74, 6) is 0. The number of hydrogen-bond acceptors (Lipinski definition) is 4. The number of nitrogens with two attached hydrogens (primary N) is 1. The summed E-state index contributed by atoms with van der Waals surface area (Å²) in [6, 6.07) is 1.80. The smallest absolute Gasteiger partial charge is 0.106 e. The van der Waals surface area contributed by atoms with E-state index >= 15 is 0 Å². The molecular formula is C12H19N3OS. The Balaban J connectivity index is 3.07. The molecule has 0 saturated heterocycles. The van der Waals surface area contributed by atoms with Crippen molar-refractivity contribution in [2.75, 3.05) is 18.0 Å². The number of aromatic nitrogens is 1. The first-order valence-electron chi connectivity index (χ1n) is 5.56. The maximum atomic E-state index is 9.88. The van der Waals surface area contributed by atoms with E-state index in [1.54, 1.807) is 32.3 Å². The molecule has 0 aliphatic heterocycles. The van der Waals surface area contributed by atoms with Crippen LogP contribution in [0.4, 0.5) is 5.69 Å². The lowest BCUT2D eigenvalue weighted by atomic mass is 10.1. The summed E-state index contributed by atoms with van der Waals surface area (Å²) in [4.78, 5) is 6.45. The first-order chi connectivity index (χ1) is 7.85. The molecule has 0 aromatic carbocycles. The third kappa shape index (κ3) is 3.94. The van der Waals surface area contributed by atoms with Gasteiger partial charge in [0.2, 0.25) is 0 Å². The van der Waals surface area contributed by atoms with E-state index in [4.69, 9.17) is 18.0 Å². The molecule has 1 aromatic rings. The summed E-state index contributed by atoms with van der Waals surface area (Å²) >= 11 is 5.02. The second-order valence-electron chi connectivity index (χ2n) is 4.58. The van der Waals surface area contributed by atoms with Crippen molar-refractivity contribution in [2.45, 2.75) is 26.4 Å². The fourth-order valence-electron chi connectivity index (χ4n) is 1.68. The van der Waals surface area contributed by atoms with E-state index in [0.29, 0.717) is 11.5 Å². The Morgan fingerprint density at radius 2 is 2.24 bits per heavy atom. The third-order valence-electron chi connectivity index (χ3n) is 2.37. The van der Waals surface area contributed by atoms with Crippen LogP contribution >= 0.6 is 12.2 Å². The lowest BCUT2D eigenvalue weighted by Gasteiger charge is -2.30. The normalized spacial score (nSPS) is 11.3. The van der Waals surface area contributed by atoms with E-state index in [9.17, 15) is 5.11 Å². The summed E-state index contributed by atoms with van der Waals surface area (Å²) in [7, 11) is 0. The van der Waals surface area contributed by atoms with Gasteiger partial charge in [0.1, 0.15) is 4.99 Å². The van der Waals surface area contributed by atoms with Crippen molar-refractivity contribution in [1.82, 2.24) is 4.98 Å². The summed E-state index contributed by atoms with van der Waals surface area (Å²) in [6.45, 7) is 6.82. The fraction of sp³-hybridized carbons (Fsp3) is 0.500. The fourth-order valence-corrected chi connectivity index (χ4v) is 1.85. The predicted octanol–water partition coefficient (Wildman–Crippen LogP) is 1.31. The average Bonchev–Trinajstić information content (AvgIpc) is 2.24. The van der Waals surface area contributed by atoms with Crippen LogP contribution < -0.4 is 10.6 Å². The number of hydrogen-bond donors (Lipinski definition) is 2. The lowest BCUT2D eigenvalue weighted by Crippen LogP contribution is -2.39. The summed E-state index contributed by atoms with van der Waals surface area (Å²) in [5.41, 5.74) is 6.56. The van der Waals surface area contributed by atoms with Crippen LogP contribution in [0.15, 0.2) is 18.5 Å². The van der Waals surface area contributed by atoms with Gasteiger partial charge >= 0.3 is 0 Å². The molecular weight excluding hydrogens is 234 g/mol. The van der Waals surface area contributed by atoms with Gasteiger partial charge in [-0.1, -0.05) is 12.2 Å². The van der Waals surface area contributed by atoms with Gasteiger partial charge in [0.05, 0.1) is 17.5 Å². The number of likely N-dealkylation sites (N-methyl/N-ethyl adjacent to an activating group) is 1. The maximum absolute atomic E-state index is 9.88. The topological polar surface area (TPSA) is 62.4 Å². The van der Waals surface area contributed by atoms with Gasteiger partial charge in [-0.15, -0.1) is 0 Å². The molecule has 17 heavy (non-hydrogen) atoms. The monoisotopic (exact) mass is 253 g/mol.